The van der Waals surface area contributed by atoms with Gasteiger partial charge < -0.3 is 15.2 Å². The Balaban J connectivity index is 2.21. The van der Waals surface area contributed by atoms with Gasteiger partial charge in [0.05, 0.1) is 18.8 Å². The lowest BCUT2D eigenvalue weighted by Crippen LogP contribution is -2.21. The quantitative estimate of drug-likeness (QED) is 0.568. The van der Waals surface area contributed by atoms with Crippen molar-refractivity contribution < 1.29 is 14.6 Å². The van der Waals surface area contributed by atoms with Crippen molar-refractivity contribution in [3.05, 3.63) is 11.4 Å². The molecule has 2 N–H and O–H groups in total. The smallest absolute Gasteiger partial charge is 0.360 e. The van der Waals surface area contributed by atoms with E-state index in [-0.39, 0.29) is 12.6 Å². The third kappa shape index (κ3) is 3.10. The molecule has 0 aromatic carbocycles. The Bertz CT molecular complexity index is 427. The average molecular weight is 268 g/mol. The number of hydrogen-bond donors (Lipinski definition) is 2. The fourth-order valence-corrected chi connectivity index (χ4v) is 2.36. The first-order valence-corrected chi connectivity index (χ1v) is 6.64. The fraction of sp³-hybridized carbons (Fsp3) is 0.750. The van der Waals surface area contributed by atoms with E-state index in [0.29, 0.717) is 18.7 Å². The molecular formula is C12H20N4O3. The van der Waals surface area contributed by atoms with Crippen molar-refractivity contribution in [1.29, 1.82) is 0 Å². The van der Waals surface area contributed by atoms with Crippen LogP contribution in [0.1, 0.15) is 47.9 Å². The minimum atomic E-state index is -0.447. The van der Waals surface area contributed by atoms with Crippen LogP contribution in [0.3, 0.4) is 0 Å². The van der Waals surface area contributed by atoms with Crippen LogP contribution in [0.15, 0.2) is 0 Å². The summed E-state index contributed by atoms with van der Waals surface area (Å²) in [6, 6.07) is 0.109. The van der Waals surface area contributed by atoms with Gasteiger partial charge in [-0.05, 0) is 32.2 Å². The summed E-state index contributed by atoms with van der Waals surface area (Å²) < 4.78 is 6.51. The van der Waals surface area contributed by atoms with Crippen LogP contribution in [-0.4, -0.2) is 46.3 Å². The lowest BCUT2D eigenvalue weighted by atomic mass is 10.1. The van der Waals surface area contributed by atoms with E-state index >= 15 is 0 Å². The molecule has 0 spiro atoms. The zero-order valence-corrected chi connectivity index (χ0v) is 11.1. The Labute approximate surface area is 111 Å². The van der Waals surface area contributed by atoms with Crippen LogP contribution in [0.5, 0.6) is 0 Å². The maximum absolute atomic E-state index is 11.7. The van der Waals surface area contributed by atoms with Crippen LogP contribution in [-0.2, 0) is 11.3 Å². The second kappa shape index (κ2) is 6.63. The number of esters is 1. The molecule has 1 aliphatic heterocycles. The highest BCUT2D eigenvalue weighted by Gasteiger charge is 2.28. The van der Waals surface area contributed by atoms with Crippen LogP contribution in [0.25, 0.3) is 0 Å². The molecule has 0 saturated carbocycles. The number of aryl methyl sites for hydroxylation is 1. The van der Waals surface area contributed by atoms with E-state index in [1.54, 1.807) is 4.68 Å². The largest absolute Gasteiger partial charge is 0.464 e. The van der Waals surface area contributed by atoms with Crippen LogP contribution in [0.4, 0.5) is 0 Å². The van der Waals surface area contributed by atoms with Gasteiger partial charge in [-0.1, -0.05) is 5.21 Å². The summed E-state index contributed by atoms with van der Waals surface area (Å²) in [5.41, 5.74) is 1.10. The maximum atomic E-state index is 11.7. The van der Waals surface area contributed by atoms with E-state index in [1.807, 2.05) is 0 Å². The van der Waals surface area contributed by atoms with Crippen molar-refractivity contribution in [2.45, 2.75) is 38.3 Å². The molecule has 1 aliphatic rings. The summed E-state index contributed by atoms with van der Waals surface area (Å²) in [6.07, 6.45) is 3.57. The van der Waals surface area contributed by atoms with E-state index in [4.69, 9.17) is 9.84 Å². The van der Waals surface area contributed by atoms with E-state index in [2.05, 4.69) is 15.6 Å². The number of nitrogens with zero attached hydrogens (tertiary/aromatic N) is 3. The molecule has 0 radical (unpaired) electrons. The number of carbonyl (C=O) groups excluding carboxylic acids is 1. The van der Waals surface area contributed by atoms with Crippen molar-refractivity contribution in [3.63, 3.8) is 0 Å². The Morgan fingerprint density at radius 3 is 3.05 bits per heavy atom. The summed E-state index contributed by atoms with van der Waals surface area (Å²) in [4.78, 5) is 11.7. The molecule has 7 nitrogen and oxygen atoms in total. The van der Waals surface area contributed by atoms with Gasteiger partial charge in [0.2, 0.25) is 0 Å². The van der Waals surface area contributed by atoms with Gasteiger partial charge in [0, 0.05) is 13.2 Å². The van der Waals surface area contributed by atoms with Gasteiger partial charge in [0.15, 0.2) is 5.69 Å². The minimum Gasteiger partial charge on any atom is -0.464 e. The summed E-state index contributed by atoms with van der Waals surface area (Å²) in [5.74, 6) is -0.447. The van der Waals surface area contributed by atoms with Crippen LogP contribution < -0.4 is 5.32 Å². The molecule has 1 aromatic heterocycles. The van der Waals surface area contributed by atoms with Crippen LogP contribution in [0, 0.1) is 0 Å². The summed E-state index contributed by atoms with van der Waals surface area (Å²) in [6.45, 7) is 1.75. The van der Waals surface area contributed by atoms with Gasteiger partial charge in [0.1, 0.15) is 0 Å². The van der Waals surface area contributed by atoms with Gasteiger partial charge >= 0.3 is 5.97 Å². The highest BCUT2D eigenvalue weighted by Crippen LogP contribution is 2.25. The minimum absolute atomic E-state index is 0.109. The Morgan fingerprint density at radius 2 is 2.42 bits per heavy atom. The van der Waals surface area contributed by atoms with E-state index in [1.165, 1.54) is 7.11 Å². The monoisotopic (exact) mass is 268 g/mol. The van der Waals surface area contributed by atoms with Crippen molar-refractivity contribution in [2.24, 2.45) is 0 Å². The second-order valence-electron chi connectivity index (χ2n) is 4.62. The van der Waals surface area contributed by atoms with Crippen molar-refractivity contribution in [2.75, 3.05) is 20.3 Å². The molecule has 0 aliphatic carbocycles. The summed E-state index contributed by atoms with van der Waals surface area (Å²) >= 11 is 0. The lowest BCUT2D eigenvalue weighted by Gasteiger charge is -2.13. The number of nitrogens with one attached hydrogen (secondary N) is 1. The molecular weight excluding hydrogens is 248 g/mol. The van der Waals surface area contributed by atoms with Crippen molar-refractivity contribution in [1.82, 2.24) is 20.3 Å². The van der Waals surface area contributed by atoms with E-state index in [0.717, 1.165) is 31.5 Å². The molecule has 7 heteroatoms. The zero-order valence-electron chi connectivity index (χ0n) is 11.1. The molecule has 0 amide bonds. The Kier molecular flexibility index (Phi) is 4.86. The topological polar surface area (TPSA) is 89.3 Å². The van der Waals surface area contributed by atoms with Crippen LogP contribution in [0.2, 0.25) is 0 Å². The highest BCUT2D eigenvalue weighted by atomic mass is 16.5. The molecule has 1 saturated heterocycles. The summed E-state index contributed by atoms with van der Waals surface area (Å²) in [5, 5.41) is 20.2. The van der Waals surface area contributed by atoms with E-state index in [9.17, 15) is 4.79 Å². The number of methoxy groups -OCH3 is 1. The number of hydrogen-bond acceptors (Lipinski definition) is 6. The number of unbranched alkanes of at least 4 members (excludes halogenated alkanes) is 1. The highest BCUT2D eigenvalue weighted by molar-refractivity contribution is 5.88. The summed E-state index contributed by atoms with van der Waals surface area (Å²) in [7, 11) is 1.35. The first-order valence-electron chi connectivity index (χ1n) is 6.64. The number of aliphatic hydroxyl groups is 1. The van der Waals surface area contributed by atoms with E-state index < -0.39 is 5.97 Å². The first kappa shape index (κ1) is 14.0. The van der Waals surface area contributed by atoms with Gasteiger partial charge in [0.25, 0.3) is 0 Å². The number of aliphatic hydroxyl groups excluding tert-OH is 1. The van der Waals surface area contributed by atoms with Crippen LogP contribution >= 0.6 is 0 Å². The Morgan fingerprint density at radius 1 is 1.58 bits per heavy atom. The number of aromatic nitrogens is 3. The standard InChI is InChI=1S/C12H20N4O3/c1-19-12(18)10-11(9-5-4-6-13-9)16(15-14-10)7-2-3-8-17/h9,13,17H,2-8H2,1H3. The van der Waals surface area contributed by atoms with Gasteiger partial charge in [-0.3, -0.25) is 0 Å². The first-order chi connectivity index (χ1) is 9.27. The predicted octanol–water partition coefficient (Wildman–Crippen LogP) is 0.262. The predicted molar refractivity (Wildman–Crippen MR) is 67.7 cm³/mol. The maximum Gasteiger partial charge on any atom is 0.360 e. The van der Waals surface area contributed by atoms with Gasteiger partial charge in [-0.2, -0.15) is 0 Å². The zero-order chi connectivity index (χ0) is 13.7. The third-order valence-electron chi connectivity index (χ3n) is 3.32. The van der Waals surface area contributed by atoms with Gasteiger partial charge in [-0.15, -0.1) is 5.10 Å². The number of carbonyl (C=O) groups is 1. The molecule has 2 heterocycles. The fourth-order valence-electron chi connectivity index (χ4n) is 2.36. The number of ether oxygens (including phenoxy) is 1. The van der Waals surface area contributed by atoms with Crippen molar-refractivity contribution in [3.8, 4) is 0 Å². The molecule has 2 rings (SSSR count). The Hall–Kier alpha value is -1.47. The average Bonchev–Trinajstić information content (AvgIpc) is 3.06. The molecule has 1 aromatic rings. The normalized spacial score (nSPS) is 18.7. The lowest BCUT2D eigenvalue weighted by molar-refractivity contribution is 0.0591. The molecule has 1 atom stereocenters. The molecule has 0 bridgehead atoms. The number of rotatable bonds is 6. The molecule has 19 heavy (non-hydrogen) atoms. The molecule has 106 valence electrons. The molecule has 1 unspecified atom stereocenters. The molecule has 1 fully saturated rings. The SMILES string of the molecule is COC(=O)c1nnn(CCCCO)c1C1CCCN1. The third-order valence-corrected chi connectivity index (χ3v) is 3.32. The van der Waals surface area contributed by atoms with Gasteiger partial charge in [-0.25, -0.2) is 9.48 Å². The van der Waals surface area contributed by atoms with Crippen molar-refractivity contribution >= 4 is 5.97 Å². The second-order valence-corrected chi connectivity index (χ2v) is 4.62.